The first-order valence-corrected chi connectivity index (χ1v) is 10.2. The van der Waals surface area contributed by atoms with Crippen LogP contribution in [0.2, 0.25) is 5.02 Å². The summed E-state index contributed by atoms with van der Waals surface area (Å²) in [4.78, 5) is 23.7. The number of halogens is 1. The number of hydrogen-bond acceptors (Lipinski definition) is 4. The number of nitrogens with one attached hydrogen (secondary N) is 2. The Morgan fingerprint density at radius 2 is 2.15 bits per heavy atom. The fraction of sp³-hybridized carbons (Fsp3) is 0.368. The normalized spacial score (nSPS) is 16.7. The largest absolute Gasteiger partial charge is 0.361 e. The van der Waals surface area contributed by atoms with Gasteiger partial charge < -0.3 is 10.3 Å². The summed E-state index contributed by atoms with van der Waals surface area (Å²) in [6.45, 7) is 2.69. The molecule has 4 rings (SSSR count). The van der Waals surface area contributed by atoms with Gasteiger partial charge in [-0.1, -0.05) is 18.0 Å². The second-order valence-corrected chi connectivity index (χ2v) is 7.89. The highest BCUT2D eigenvalue weighted by molar-refractivity contribution is 7.09. The van der Waals surface area contributed by atoms with Crippen molar-refractivity contribution in [3.63, 3.8) is 0 Å². The van der Waals surface area contributed by atoms with Gasteiger partial charge in [0.25, 0.3) is 5.91 Å². The highest BCUT2D eigenvalue weighted by atomic mass is 35.5. The molecule has 0 saturated carbocycles. The second kappa shape index (κ2) is 7.78. The number of carbonyl (C=O) groups excluding carboxylic acids is 1. The molecule has 1 amide bonds. The summed E-state index contributed by atoms with van der Waals surface area (Å²) in [6, 6.07) is 5.73. The molecule has 3 aromatic rings. The summed E-state index contributed by atoms with van der Waals surface area (Å²) in [5.74, 6) is -0.135. The number of H-pyrrole nitrogens is 1. The Morgan fingerprint density at radius 3 is 2.92 bits per heavy atom. The summed E-state index contributed by atoms with van der Waals surface area (Å²) in [6.07, 6.45) is 7.44. The quantitative estimate of drug-likeness (QED) is 0.687. The molecule has 1 aliphatic rings. The summed E-state index contributed by atoms with van der Waals surface area (Å²) < 4.78 is 0. The smallest absolute Gasteiger partial charge is 0.252 e. The molecule has 0 bridgehead atoms. The lowest BCUT2D eigenvalue weighted by Crippen LogP contribution is -2.40. The summed E-state index contributed by atoms with van der Waals surface area (Å²) in [5, 5.41) is 4.45. The standard InChI is InChI=1S/C19H21ClN4OS/c20-18-13-6-7-22-15(13)5-4-14(18)19(25)23-10-16(17-11-21-12-26-17)24-8-2-1-3-9-24/h4-7,11-12,16,22H,1-3,8-10H2,(H,23,25). The first-order valence-electron chi connectivity index (χ1n) is 8.90. The fourth-order valence-electron chi connectivity index (χ4n) is 3.59. The first kappa shape index (κ1) is 17.5. The van der Waals surface area contributed by atoms with E-state index in [1.54, 1.807) is 17.4 Å². The summed E-state index contributed by atoms with van der Waals surface area (Å²) in [7, 11) is 0. The van der Waals surface area contributed by atoms with Gasteiger partial charge in [0.2, 0.25) is 0 Å². The highest BCUT2D eigenvalue weighted by Crippen LogP contribution is 2.28. The Balaban J connectivity index is 1.51. The van der Waals surface area contributed by atoms with Gasteiger partial charge in [-0.3, -0.25) is 14.7 Å². The Kier molecular flexibility index (Phi) is 5.24. The molecule has 0 radical (unpaired) electrons. The summed E-state index contributed by atoms with van der Waals surface area (Å²) >= 11 is 8.09. The van der Waals surface area contributed by atoms with E-state index in [0.29, 0.717) is 17.1 Å². The Morgan fingerprint density at radius 1 is 1.31 bits per heavy atom. The van der Waals surface area contributed by atoms with E-state index in [4.69, 9.17) is 11.6 Å². The van der Waals surface area contributed by atoms with Crippen LogP contribution in [0.5, 0.6) is 0 Å². The van der Waals surface area contributed by atoms with Crippen LogP contribution in [0.4, 0.5) is 0 Å². The van der Waals surface area contributed by atoms with Gasteiger partial charge >= 0.3 is 0 Å². The summed E-state index contributed by atoms with van der Waals surface area (Å²) in [5.41, 5.74) is 3.30. The van der Waals surface area contributed by atoms with Crippen LogP contribution in [0.15, 0.2) is 36.1 Å². The zero-order chi connectivity index (χ0) is 17.9. The van der Waals surface area contributed by atoms with Crippen LogP contribution in [0.25, 0.3) is 10.9 Å². The Hall–Kier alpha value is -1.89. The van der Waals surface area contributed by atoms with Crippen LogP contribution in [-0.4, -0.2) is 40.4 Å². The van der Waals surface area contributed by atoms with E-state index in [-0.39, 0.29) is 11.9 Å². The second-order valence-electron chi connectivity index (χ2n) is 6.59. The molecule has 1 fully saturated rings. The SMILES string of the molecule is O=C(NCC(c1cncs1)N1CCCCC1)c1ccc2[nH]ccc2c1Cl. The number of thiazole rings is 1. The van der Waals surface area contributed by atoms with Gasteiger partial charge in [0.05, 0.1) is 22.1 Å². The number of fused-ring (bicyclic) bond motifs is 1. The predicted molar refractivity (Wildman–Crippen MR) is 106 cm³/mol. The lowest BCUT2D eigenvalue weighted by atomic mass is 10.1. The lowest BCUT2D eigenvalue weighted by Gasteiger charge is -2.34. The molecule has 3 heterocycles. The molecule has 1 atom stereocenters. The van der Waals surface area contributed by atoms with Gasteiger partial charge in [0, 0.05) is 34.7 Å². The third-order valence-electron chi connectivity index (χ3n) is 4.98. The van der Waals surface area contributed by atoms with Crippen molar-refractivity contribution in [1.82, 2.24) is 20.2 Å². The molecule has 0 spiro atoms. The van der Waals surface area contributed by atoms with E-state index in [9.17, 15) is 4.79 Å². The minimum Gasteiger partial charge on any atom is -0.361 e. The minimum atomic E-state index is -0.135. The third-order valence-corrected chi connectivity index (χ3v) is 6.26. The number of aromatic nitrogens is 2. The number of likely N-dealkylation sites (tertiary alicyclic amines) is 1. The molecule has 1 unspecified atom stereocenters. The van der Waals surface area contributed by atoms with Crippen molar-refractivity contribution < 1.29 is 4.79 Å². The van der Waals surface area contributed by atoms with Crippen molar-refractivity contribution in [1.29, 1.82) is 0 Å². The molecule has 1 saturated heterocycles. The minimum absolute atomic E-state index is 0.135. The van der Waals surface area contributed by atoms with Crippen LogP contribution >= 0.6 is 22.9 Å². The van der Waals surface area contributed by atoms with E-state index in [0.717, 1.165) is 24.0 Å². The van der Waals surface area contributed by atoms with Gasteiger partial charge in [-0.25, -0.2) is 0 Å². The van der Waals surface area contributed by atoms with E-state index < -0.39 is 0 Å². The zero-order valence-corrected chi connectivity index (χ0v) is 15.9. The van der Waals surface area contributed by atoms with Crippen LogP contribution in [0, 0.1) is 0 Å². The molecular formula is C19H21ClN4OS. The van der Waals surface area contributed by atoms with Crippen LogP contribution in [-0.2, 0) is 0 Å². The predicted octanol–water partition coefficient (Wildman–Crippen LogP) is 4.23. The van der Waals surface area contributed by atoms with Crippen LogP contribution in [0.3, 0.4) is 0 Å². The number of benzene rings is 1. The van der Waals surface area contributed by atoms with Gasteiger partial charge in [-0.2, -0.15) is 0 Å². The molecular weight excluding hydrogens is 368 g/mol. The number of hydrogen-bond donors (Lipinski definition) is 2. The van der Waals surface area contributed by atoms with Crippen molar-refractivity contribution in [2.24, 2.45) is 0 Å². The van der Waals surface area contributed by atoms with Crippen LogP contribution in [0.1, 0.15) is 40.5 Å². The lowest BCUT2D eigenvalue weighted by molar-refractivity contribution is 0.0926. The molecule has 7 heteroatoms. The number of rotatable bonds is 5. The monoisotopic (exact) mass is 388 g/mol. The van der Waals surface area contributed by atoms with E-state index in [1.165, 1.54) is 24.1 Å². The third kappa shape index (κ3) is 3.49. The van der Waals surface area contributed by atoms with Crippen molar-refractivity contribution in [2.75, 3.05) is 19.6 Å². The van der Waals surface area contributed by atoms with Crippen molar-refractivity contribution in [3.05, 3.63) is 51.6 Å². The number of carbonyl (C=O) groups is 1. The average Bonchev–Trinajstić information content (AvgIpc) is 3.35. The average molecular weight is 389 g/mol. The first-order chi connectivity index (χ1) is 12.7. The maximum atomic E-state index is 12.8. The number of amides is 1. The van der Waals surface area contributed by atoms with Gasteiger partial charge in [-0.05, 0) is 44.1 Å². The fourth-order valence-corrected chi connectivity index (χ4v) is 4.65. The highest BCUT2D eigenvalue weighted by Gasteiger charge is 2.24. The van der Waals surface area contributed by atoms with Crippen molar-refractivity contribution in [2.45, 2.75) is 25.3 Å². The van der Waals surface area contributed by atoms with Gasteiger partial charge in [0.1, 0.15) is 0 Å². The number of piperidine rings is 1. The zero-order valence-electron chi connectivity index (χ0n) is 14.4. The van der Waals surface area contributed by atoms with E-state index in [1.807, 2.05) is 30.0 Å². The van der Waals surface area contributed by atoms with Gasteiger partial charge in [-0.15, -0.1) is 11.3 Å². The molecule has 5 nitrogen and oxygen atoms in total. The molecule has 136 valence electrons. The maximum Gasteiger partial charge on any atom is 0.252 e. The molecule has 0 aliphatic carbocycles. The molecule has 26 heavy (non-hydrogen) atoms. The Bertz CT molecular complexity index is 886. The number of nitrogens with zero attached hydrogens (tertiary/aromatic N) is 2. The van der Waals surface area contributed by atoms with Gasteiger partial charge in [0.15, 0.2) is 0 Å². The molecule has 2 aromatic heterocycles. The molecule has 1 aromatic carbocycles. The topological polar surface area (TPSA) is 61.0 Å². The maximum absolute atomic E-state index is 12.8. The van der Waals surface area contributed by atoms with E-state index in [2.05, 4.69) is 20.2 Å². The molecule has 1 aliphatic heterocycles. The van der Waals surface area contributed by atoms with Crippen molar-refractivity contribution in [3.8, 4) is 0 Å². The Labute approximate surface area is 161 Å². The van der Waals surface area contributed by atoms with Crippen LogP contribution < -0.4 is 5.32 Å². The van der Waals surface area contributed by atoms with Crippen molar-refractivity contribution >= 4 is 39.7 Å². The van der Waals surface area contributed by atoms with E-state index >= 15 is 0 Å². The number of aromatic amines is 1. The molecule has 2 N–H and O–H groups in total.